The van der Waals surface area contributed by atoms with Crippen LogP contribution in [0.15, 0.2) is 158 Å². The van der Waals surface area contributed by atoms with E-state index in [-0.39, 0.29) is 38.0 Å². The van der Waals surface area contributed by atoms with E-state index >= 15 is 0 Å². The van der Waals surface area contributed by atoms with Crippen molar-refractivity contribution in [3.8, 4) is 0 Å². The van der Waals surface area contributed by atoms with E-state index in [9.17, 15) is 14.4 Å². The van der Waals surface area contributed by atoms with E-state index in [2.05, 4.69) is 161 Å². The van der Waals surface area contributed by atoms with Crippen LogP contribution in [0, 0.1) is 0 Å². The first kappa shape index (κ1) is 59.0. The first-order valence-electron chi connectivity index (χ1n) is 24.5. The van der Waals surface area contributed by atoms with Crippen LogP contribution in [-0.4, -0.2) is 37.2 Å². The summed E-state index contributed by atoms with van der Waals surface area (Å²) in [6.07, 6.45) is 73.9. The van der Waals surface area contributed by atoms with Crippen molar-refractivity contribution >= 4 is 17.9 Å². The van der Waals surface area contributed by atoms with Crippen molar-refractivity contribution < 1.29 is 28.6 Å². The molecule has 1 unspecified atom stereocenters. The zero-order chi connectivity index (χ0) is 46.5. The molecule has 0 spiro atoms. The molecule has 0 saturated carbocycles. The van der Waals surface area contributed by atoms with Crippen molar-refractivity contribution in [1.82, 2.24) is 0 Å². The van der Waals surface area contributed by atoms with Gasteiger partial charge in [-0.3, -0.25) is 14.4 Å². The Balaban J connectivity index is 4.66. The smallest absolute Gasteiger partial charge is 0.306 e. The zero-order valence-electron chi connectivity index (χ0n) is 40.2. The number of hydrogen-bond acceptors (Lipinski definition) is 6. The van der Waals surface area contributed by atoms with Gasteiger partial charge in [0.05, 0.1) is 0 Å². The van der Waals surface area contributed by atoms with E-state index in [1.54, 1.807) is 0 Å². The lowest BCUT2D eigenvalue weighted by Crippen LogP contribution is -2.30. The third-order valence-electron chi connectivity index (χ3n) is 9.33. The Morgan fingerprint density at radius 1 is 0.328 bits per heavy atom. The second kappa shape index (κ2) is 50.7. The average Bonchev–Trinajstić information content (AvgIpc) is 3.29. The molecule has 354 valence electrons. The molecule has 0 rings (SSSR count). The van der Waals surface area contributed by atoms with E-state index in [4.69, 9.17) is 14.2 Å². The molecule has 64 heavy (non-hydrogen) atoms. The maximum Gasteiger partial charge on any atom is 0.306 e. The fourth-order valence-corrected chi connectivity index (χ4v) is 5.76. The number of carbonyl (C=O) groups is 3. The number of unbranched alkanes of at least 4 members (excludes halogenated alkanes) is 6. The summed E-state index contributed by atoms with van der Waals surface area (Å²) < 4.78 is 16.6. The van der Waals surface area contributed by atoms with Crippen molar-refractivity contribution in [2.75, 3.05) is 13.2 Å². The molecule has 1 atom stereocenters. The van der Waals surface area contributed by atoms with Crippen LogP contribution in [0.25, 0.3) is 0 Å². The summed E-state index contributed by atoms with van der Waals surface area (Å²) in [6, 6.07) is 0. The molecule has 0 bridgehead atoms. The topological polar surface area (TPSA) is 78.9 Å². The summed E-state index contributed by atoms with van der Waals surface area (Å²) in [5, 5.41) is 0. The van der Waals surface area contributed by atoms with Gasteiger partial charge in [-0.25, -0.2) is 0 Å². The normalized spacial score (nSPS) is 13.5. The first-order valence-corrected chi connectivity index (χ1v) is 24.5. The van der Waals surface area contributed by atoms with Gasteiger partial charge in [0.1, 0.15) is 13.2 Å². The molecule has 0 N–H and O–H groups in total. The number of esters is 3. The SMILES string of the molecule is CC/C=C/C=C/C=C/CCCCCCCC(=O)OCC(COC(=O)CCC/C=C/C/C=C/C/C=C/C/C=C/C/C=C/CC)OC(=O)CC/C=C/C/C=C/C/C=C/C/C=C/C/C=C/CC. The molecule has 0 aliphatic heterocycles. The lowest BCUT2D eigenvalue weighted by atomic mass is 10.1. The van der Waals surface area contributed by atoms with Gasteiger partial charge in [0.2, 0.25) is 0 Å². The fourth-order valence-electron chi connectivity index (χ4n) is 5.76. The van der Waals surface area contributed by atoms with Crippen LogP contribution < -0.4 is 0 Å². The molecular weight excluding hydrogens is 793 g/mol. The second-order valence-electron chi connectivity index (χ2n) is 15.3. The van der Waals surface area contributed by atoms with Gasteiger partial charge in [-0.05, 0) is 109 Å². The van der Waals surface area contributed by atoms with E-state index in [0.29, 0.717) is 19.3 Å². The van der Waals surface area contributed by atoms with E-state index in [1.165, 1.54) is 0 Å². The molecule has 0 aliphatic carbocycles. The summed E-state index contributed by atoms with van der Waals surface area (Å²) in [5.74, 6) is -1.12. The summed E-state index contributed by atoms with van der Waals surface area (Å²) in [4.78, 5) is 37.9. The molecule has 0 fully saturated rings. The number of rotatable bonds is 41. The Hall–Kier alpha value is -4.97. The number of ether oxygens (including phenoxy) is 3. The summed E-state index contributed by atoms with van der Waals surface area (Å²) >= 11 is 0. The number of carbonyl (C=O) groups excluding carboxylic acids is 3. The highest BCUT2D eigenvalue weighted by Crippen LogP contribution is 2.10. The van der Waals surface area contributed by atoms with Gasteiger partial charge >= 0.3 is 17.9 Å². The van der Waals surface area contributed by atoms with Gasteiger partial charge in [-0.1, -0.05) is 198 Å². The predicted octanol–water partition coefficient (Wildman–Crippen LogP) is 16.2. The molecule has 0 aromatic carbocycles. The van der Waals surface area contributed by atoms with Gasteiger partial charge in [-0.15, -0.1) is 0 Å². The number of allylic oxidation sites excluding steroid dienone is 26. The van der Waals surface area contributed by atoms with E-state index in [1.807, 2.05) is 18.2 Å². The molecule has 6 heteroatoms. The highest BCUT2D eigenvalue weighted by Gasteiger charge is 2.19. The lowest BCUT2D eigenvalue weighted by Gasteiger charge is -2.18. The molecule has 0 radical (unpaired) electrons. The molecule has 6 nitrogen and oxygen atoms in total. The quantitative estimate of drug-likeness (QED) is 0.0200. The molecule has 0 saturated heterocycles. The molecule has 0 heterocycles. The molecule has 0 aromatic rings. The van der Waals surface area contributed by atoms with Crippen LogP contribution in [0.4, 0.5) is 0 Å². The highest BCUT2D eigenvalue weighted by molar-refractivity contribution is 5.71. The molecular formula is C58H86O6. The standard InChI is InChI=1S/C58H86O6/c1-4-7-10-13-16-19-22-25-27-29-31-33-36-39-42-45-48-51-57(60)63-54-55(53-62-56(59)50-47-44-41-38-35-32-24-21-18-15-12-9-6-3)64-58(61)52-49-46-43-40-37-34-30-28-26-23-20-17-14-11-8-5-2/h7-12,15-21,24-28,31,33-34,37,39,42-43,46,55H,4-6,13-14,22-23,29-30,32,35-36,38,40-41,44-45,47-54H2,1-3H3/b10-7+,11-8+,12-9+,18-15+,19-16+,20-17+,24-21+,27-25+,28-26+,33-31+,37-34+,42-39+,46-43+. The van der Waals surface area contributed by atoms with Crippen LogP contribution >= 0.6 is 0 Å². The average molecular weight is 879 g/mol. The Bertz CT molecular complexity index is 1520. The molecule has 0 aromatic heterocycles. The van der Waals surface area contributed by atoms with E-state index in [0.717, 1.165) is 116 Å². The molecule has 0 amide bonds. The van der Waals surface area contributed by atoms with Crippen molar-refractivity contribution in [2.45, 2.75) is 175 Å². The third kappa shape index (κ3) is 48.1. The summed E-state index contributed by atoms with van der Waals surface area (Å²) in [5.41, 5.74) is 0. The monoisotopic (exact) mass is 879 g/mol. The van der Waals surface area contributed by atoms with Crippen LogP contribution in [0.1, 0.15) is 168 Å². The Morgan fingerprint density at radius 3 is 1.16 bits per heavy atom. The third-order valence-corrected chi connectivity index (χ3v) is 9.33. The van der Waals surface area contributed by atoms with Gasteiger partial charge in [0.25, 0.3) is 0 Å². The van der Waals surface area contributed by atoms with Crippen molar-refractivity contribution in [3.05, 3.63) is 158 Å². The Kier molecular flexibility index (Phi) is 46.7. The minimum Gasteiger partial charge on any atom is -0.462 e. The second-order valence-corrected chi connectivity index (χ2v) is 15.3. The zero-order valence-corrected chi connectivity index (χ0v) is 40.2. The minimum atomic E-state index is -0.856. The van der Waals surface area contributed by atoms with Crippen molar-refractivity contribution in [1.29, 1.82) is 0 Å². The Morgan fingerprint density at radius 2 is 0.688 bits per heavy atom. The maximum atomic E-state index is 12.7. The summed E-state index contributed by atoms with van der Waals surface area (Å²) in [7, 11) is 0. The van der Waals surface area contributed by atoms with Crippen LogP contribution in [0.5, 0.6) is 0 Å². The van der Waals surface area contributed by atoms with Crippen LogP contribution in [0.3, 0.4) is 0 Å². The van der Waals surface area contributed by atoms with Gasteiger partial charge < -0.3 is 14.2 Å². The Labute approximate surface area is 390 Å². The highest BCUT2D eigenvalue weighted by atomic mass is 16.6. The van der Waals surface area contributed by atoms with Crippen molar-refractivity contribution in [2.24, 2.45) is 0 Å². The lowest BCUT2D eigenvalue weighted by molar-refractivity contribution is -0.166. The van der Waals surface area contributed by atoms with Gasteiger partial charge in [-0.2, -0.15) is 0 Å². The molecule has 0 aliphatic rings. The summed E-state index contributed by atoms with van der Waals surface area (Å²) in [6.45, 7) is 6.11. The minimum absolute atomic E-state index is 0.144. The van der Waals surface area contributed by atoms with Crippen molar-refractivity contribution in [3.63, 3.8) is 0 Å². The van der Waals surface area contributed by atoms with E-state index < -0.39 is 12.1 Å². The predicted molar refractivity (Wildman–Crippen MR) is 274 cm³/mol. The van der Waals surface area contributed by atoms with Gasteiger partial charge in [0, 0.05) is 19.3 Å². The largest absolute Gasteiger partial charge is 0.462 e. The van der Waals surface area contributed by atoms with Gasteiger partial charge in [0.15, 0.2) is 6.10 Å². The fraction of sp³-hybridized carbons (Fsp3) is 0.500. The number of hydrogen-bond donors (Lipinski definition) is 0. The van der Waals surface area contributed by atoms with Crippen LogP contribution in [0.2, 0.25) is 0 Å². The van der Waals surface area contributed by atoms with Crippen LogP contribution in [-0.2, 0) is 28.6 Å². The first-order chi connectivity index (χ1) is 31.5. The maximum absolute atomic E-state index is 12.7.